The van der Waals surface area contributed by atoms with E-state index >= 15 is 0 Å². The van der Waals surface area contributed by atoms with Gasteiger partial charge in [-0.1, -0.05) is 6.92 Å². The number of rotatable bonds is 0. The highest BCUT2D eigenvalue weighted by Crippen LogP contribution is 2.06. The van der Waals surface area contributed by atoms with Crippen molar-refractivity contribution in [3.05, 3.63) is 0 Å². The SMILES string of the molecule is CC1CCCNC1.Cl. The number of nitrogens with one attached hydrogen (secondary N) is 1. The van der Waals surface area contributed by atoms with Crippen LogP contribution in [0.3, 0.4) is 0 Å². The lowest BCUT2D eigenvalue weighted by Gasteiger charge is -2.17. The molecular weight excluding hydrogens is 122 g/mol. The Morgan fingerprint density at radius 2 is 2.25 bits per heavy atom. The maximum atomic E-state index is 3.33. The van der Waals surface area contributed by atoms with E-state index in [1.165, 1.54) is 25.9 Å². The Labute approximate surface area is 57.3 Å². The van der Waals surface area contributed by atoms with Crippen LogP contribution < -0.4 is 5.32 Å². The second-order valence-corrected chi connectivity index (χ2v) is 2.45. The summed E-state index contributed by atoms with van der Waals surface area (Å²) in [7, 11) is 0. The average Bonchev–Trinajstić information content (AvgIpc) is 1.69. The summed E-state index contributed by atoms with van der Waals surface area (Å²) in [5, 5.41) is 3.33. The zero-order chi connectivity index (χ0) is 5.11. The van der Waals surface area contributed by atoms with Crippen molar-refractivity contribution in [2.24, 2.45) is 5.92 Å². The molecular formula is C6H14ClN. The number of piperidine rings is 1. The van der Waals surface area contributed by atoms with E-state index in [0.717, 1.165) is 5.92 Å². The minimum absolute atomic E-state index is 0. The van der Waals surface area contributed by atoms with Gasteiger partial charge in [0, 0.05) is 0 Å². The zero-order valence-electron chi connectivity index (χ0n) is 5.31. The molecule has 50 valence electrons. The molecule has 0 aromatic rings. The Bertz CT molecular complexity index is 50.5. The van der Waals surface area contributed by atoms with Crippen molar-refractivity contribution in [2.45, 2.75) is 19.8 Å². The van der Waals surface area contributed by atoms with Gasteiger partial charge in [0.1, 0.15) is 0 Å². The van der Waals surface area contributed by atoms with Crippen molar-refractivity contribution < 1.29 is 0 Å². The van der Waals surface area contributed by atoms with Gasteiger partial charge in [0.25, 0.3) is 0 Å². The molecule has 0 radical (unpaired) electrons. The van der Waals surface area contributed by atoms with Crippen molar-refractivity contribution in [1.82, 2.24) is 5.32 Å². The fourth-order valence-corrected chi connectivity index (χ4v) is 1.03. The Balaban J connectivity index is 0.000000490. The molecule has 1 rings (SSSR count). The molecule has 0 aromatic carbocycles. The molecule has 0 aromatic heterocycles. The van der Waals surface area contributed by atoms with Gasteiger partial charge in [-0.3, -0.25) is 0 Å². The van der Waals surface area contributed by atoms with Gasteiger partial charge < -0.3 is 5.32 Å². The summed E-state index contributed by atoms with van der Waals surface area (Å²) >= 11 is 0. The van der Waals surface area contributed by atoms with Crippen molar-refractivity contribution >= 4 is 12.4 Å². The van der Waals surface area contributed by atoms with Crippen molar-refractivity contribution in [3.8, 4) is 0 Å². The summed E-state index contributed by atoms with van der Waals surface area (Å²) < 4.78 is 0. The monoisotopic (exact) mass is 135 g/mol. The summed E-state index contributed by atoms with van der Waals surface area (Å²) in [6.07, 6.45) is 2.80. The highest BCUT2D eigenvalue weighted by molar-refractivity contribution is 5.85. The minimum Gasteiger partial charge on any atom is -0.316 e. The van der Waals surface area contributed by atoms with E-state index in [0.29, 0.717) is 0 Å². The quantitative estimate of drug-likeness (QED) is 0.530. The Kier molecular flexibility index (Phi) is 4.29. The van der Waals surface area contributed by atoms with Crippen LogP contribution >= 0.6 is 12.4 Å². The topological polar surface area (TPSA) is 12.0 Å². The standard InChI is InChI=1S/C6H13N.ClH/c1-6-3-2-4-7-5-6;/h6-7H,2-5H2,1H3;1H. The van der Waals surface area contributed by atoms with Crippen LogP contribution in [0.4, 0.5) is 0 Å². The summed E-state index contributed by atoms with van der Waals surface area (Å²) in [5.41, 5.74) is 0. The van der Waals surface area contributed by atoms with Gasteiger partial charge in [0.05, 0.1) is 0 Å². The summed E-state index contributed by atoms with van der Waals surface area (Å²) in [4.78, 5) is 0. The molecule has 0 bridgehead atoms. The minimum atomic E-state index is 0. The molecule has 1 N–H and O–H groups in total. The average molecular weight is 136 g/mol. The first-order valence-corrected chi connectivity index (χ1v) is 3.10. The maximum Gasteiger partial charge on any atom is -0.00231 e. The molecule has 8 heavy (non-hydrogen) atoms. The van der Waals surface area contributed by atoms with Gasteiger partial charge in [0.2, 0.25) is 0 Å². The lowest BCUT2D eigenvalue weighted by atomic mass is 10.0. The van der Waals surface area contributed by atoms with Crippen LogP contribution in [-0.2, 0) is 0 Å². The molecule has 1 unspecified atom stereocenters. The van der Waals surface area contributed by atoms with Crippen LogP contribution in [-0.4, -0.2) is 13.1 Å². The van der Waals surface area contributed by atoms with Crippen molar-refractivity contribution in [3.63, 3.8) is 0 Å². The van der Waals surface area contributed by atoms with E-state index in [1.807, 2.05) is 0 Å². The Morgan fingerprint density at radius 1 is 1.50 bits per heavy atom. The largest absolute Gasteiger partial charge is 0.316 e. The van der Waals surface area contributed by atoms with E-state index in [-0.39, 0.29) is 12.4 Å². The van der Waals surface area contributed by atoms with E-state index in [2.05, 4.69) is 12.2 Å². The second kappa shape index (κ2) is 4.16. The lowest BCUT2D eigenvalue weighted by molar-refractivity contribution is 0.405. The molecule has 1 aliphatic heterocycles. The Morgan fingerprint density at radius 3 is 2.50 bits per heavy atom. The predicted molar refractivity (Wildman–Crippen MR) is 38.5 cm³/mol. The molecule has 1 fully saturated rings. The van der Waals surface area contributed by atoms with E-state index in [9.17, 15) is 0 Å². The molecule has 0 amide bonds. The highest BCUT2D eigenvalue weighted by Gasteiger charge is 2.04. The molecule has 0 aliphatic carbocycles. The molecule has 2 heteroatoms. The fraction of sp³-hybridized carbons (Fsp3) is 1.00. The molecule has 1 heterocycles. The van der Waals surface area contributed by atoms with Gasteiger partial charge in [0.15, 0.2) is 0 Å². The van der Waals surface area contributed by atoms with Crippen LogP contribution in [0, 0.1) is 5.92 Å². The Hall–Kier alpha value is 0.250. The summed E-state index contributed by atoms with van der Waals surface area (Å²) in [6, 6.07) is 0. The second-order valence-electron chi connectivity index (χ2n) is 2.45. The number of hydrogen-bond donors (Lipinski definition) is 1. The van der Waals surface area contributed by atoms with Gasteiger partial charge in [-0.2, -0.15) is 0 Å². The highest BCUT2D eigenvalue weighted by atomic mass is 35.5. The van der Waals surface area contributed by atoms with E-state index in [1.54, 1.807) is 0 Å². The number of halogens is 1. The maximum absolute atomic E-state index is 3.33. The summed E-state index contributed by atoms with van der Waals surface area (Å²) in [5.74, 6) is 0.925. The smallest absolute Gasteiger partial charge is 0.00231 e. The van der Waals surface area contributed by atoms with Gasteiger partial charge in [-0.25, -0.2) is 0 Å². The van der Waals surface area contributed by atoms with Crippen LogP contribution in [0.2, 0.25) is 0 Å². The van der Waals surface area contributed by atoms with E-state index < -0.39 is 0 Å². The third-order valence-corrected chi connectivity index (χ3v) is 1.54. The lowest BCUT2D eigenvalue weighted by Crippen LogP contribution is -2.27. The number of hydrogen-bond acceptors (Lipinski definition) is 1. The molecule has 1 nitrogen and oxygen atoms in total. The first-order chi connectivity index (χ1) is 3.39. The first-order valence-electron chi connectivity index (χ1n) is 3.10. The van der Waals surface area contributed by atoms with Gasteiger partial charge in [-0.15, -0.1) is 12.4 Å². The van der Waals surface area contributed by atoms with Gasteiger partial charge in [-0.05, 0) is 31.8 Å². The first kappa shape index (κ1) is 8.25. The van der Waals surface area contributed by atoms with E-state index in [4.69, 9.17) is 0 Å². The molecule has 0 spiro atoms. The summed E-state index contributed by atoms with van der Waals surface area (Å²) in [6.45, 7) is 4.77. The predicted octanol–water partition coefficient (Wildman–Crippen LogP) is 1.43. The third kappa shape index (κ3) is 2.53. The van der Waals surface area contributed by atoms with Crippen molar-refractivity contribution in [1.29, 1.82) is 0 Å². The van der Waals surface area contributed by atoms with Crippen LogP contribution in [0.25, 0.3) is 0 Å². The molecule has 1 saturated heterocycles. The van der Waals surface area contributed by atoms with Gasteiger partial charge >= 0.3 is 0 Å². The third-order valence-electron chi connectivity index (χ3n) is 1.54. The fourth-order valence-electron chi connectivity index (χ4n) is 1.03. The normalized spacial score (nSPS) is 28.9. The zero-order valence-corrected chi connectivity index (χ0v) is 6.13. The van der Waals surface area contributed by atoms with Crippen LogP contribution in [0.5, 0.6) is 0 Å². The molecule has 1 aliphatic rings. The molecule has 0 saturated carbocycles. The van der Waals surface area contributed by atoms with Crippen LogP contribution in [0.15, 0.2) is 0 Å². The molecule has 1 atom stereocenters. The van der Waals surface area contributed by atoms with Crippen molar-refractivity contribution in [2.75, 3.05) is 13.1 Å². The van der Waals surface area contributed by atoms with Crippen LogP contribution in [0.1, 0.15) is 19.8 Å².